The van der Waals surface area contributed by atoms with Gasteiger partial charge in [-0.05, 0) is 50.0 Å². The van der Waals surface area contributed by atoms with Crippen LogP contribution in [0.15, 0.2) is 0 Å². The van der Waals surface area contributed by atoms with Gasteiger partial charge in [-0.2, -0.15) is 0 Å². The lowest BCUT2D eigenvalue weighted by atomic mass is 9.93. The Labute approximate surface area is 109 Å². The third kappa shape index (κ3) is 1.70. The van der Waals surface area contributed by atoms with Crippen molar-refractivity contribution in [3.63, 3.8) is 0 Å². The molecule has 0 spiro atoms. The fourth-order valence-electron chi connectivity index (χ4n) is 4.82. The molecule has 4 atom stereocenters. The molecule has 100 valence electrons. The lowest BCUT2D eigenvalue weighted by Gasteiger charge is -2.35. The van der Waals surface area contributed by atoms with Crippen LogP contribution in [0.2, 0.25) is 0 Å². The van der Waals surface area contributed by atoms with Crippen LogP contribution in [-0.2, 0) is 4.79 Å². The van der Waals surface area contributed by atoms with Gasteiger partial charge in [-0.3, -0.25) is 4.79 Å². The minimum absolute atomic E-state index is 0.429. The highest BCUT2D eigenvalue weighted by Gasteiger charge is 2.56. The normalized spacial score (nSPS) is 46.4. The summed E-state index contributed by atoms with van der Waals surface area (Å²) in [5, 5.41) is 3.57. The molecule has 1 amide bonds. The van der Waals surface area contributed by atoms with Crippen molar-refractivity contribution in [1.29, 1.82) is 0 Å². The maximum atomic E-state index is 12.6. The van der Waals surface area contributed by atoms with Gasteiger partial charge in [0, 0.05) is 25.0 Å². The topological polar surface area (TPSA) is 32.3 Å². The predicted molar refractivity (Wildman–Crippen MR) is 70.0 cm³/mol. The highest BCUT2D eigenvalue weighted by Crippen LogP contribution is 2.56. The molecule has 0 aromatic carbocycles. The molecule has 4 unspecified atom stereocenters. The monoisotopic (exact) mass is 248 g/mol. The van der Waals surface area contributed by atoms with Gasteiger partial charge in [-0.15, -0.1) is 0 Å². The number of rotatable bonds is 1. The van der Waals surface area contributed by atoms with Crippen molar-refractivity contribution in [1.82, 2.24) is 10.2 Å². The number of likely N-dealkylation sites (tertiary alicyclic amines) is 1. The minimum atomic E-state index is 0.429. The summed E-state index contributed by atoms with van der Waals surface area (Å²) >= 11 is 0. The number of hydrogen-bond acceptors (Lipinski definition) is 2. The Morgan fingerprint density at radius 2 is 1.83 bits per heavy atom. The molecule has 2 aliphatic carbocycles. The van der Waals surface area contributed by atoms with Gasteiger partial charge in [-0.25, -0.2) is 0 Å². The van der Waals surface area contributed by atoms with Crippen LogP contribution in [0.1, 0.15) is 38.5 Å². The van der Waals surface area contributed by atoms with Crippen LogP contribution in [-0.4, -0.2) is 36.5 Å². The molecule has 4 fully saturated rings. The molecule has 2 saturated carbocycles. The van der Waals surface area contributed by atoms with Crippen LogP contribution in [0.5, 0.6) is 0 Å². The highest BCUT2D eigenvalue weighted by atomic mass is 16.2. The number of fused-ring (bicyclic) bond motifs is 2. The lowest BCUT2D eigenvalue weighted by Crippen LogP contribution is -2.47. The zero-order chi connectivity index (χ0) is 12.1. The van der Waals surface area contributed by atoms with Crippen LogP contribution in [0, 0.1) is 23.7 Å². The Kier molecular flexibility index (Phi) is 2.65. The Balaban J connectivity index is 1.40. The van der Waals surface area contributed by atoms with Crippen LogP contribution in [0.4, 0.5) is 0 Å². The molecule has 2 aliphatic heterocycles. The average molecular weight is 248 g/mol. The van der Waals surface area contributed by atoms with Gasteiger partial charge in [0.25, 0.3) is 0 Å². The molecule has 4 rings (SSSR count). The molecule has 2 heterocycles. The van der Waals surface area contributed by atoms with E-state index in [9.17, 15) is 4.79 Å². The largest absolute Gasteiger partial charge is 0.342 e. The van der Waals surface area contributed by atoms with E-state index < -0.39 is 0 Å². The van der Waals surface area contributed by atoms with E-state index in [0.29, 0.717) is 17.9 Å². The van der Waals surface area contributed by atoms with Crippen molar-refractivity contribution in [3.8, 4) is 0 Å². The number of nitrogens with one attached hydrogen (secondary N) is 1. The van der Waals surface area contributed by atoms with Crippen molar-refractivity contribution in [2.24, 2.45) is 23.7 Å². The van der Waals surface area contributed by atoms with E-state index in [-0.39, 0.29) is 0 Å². The van der Waals surface area contributed by atoms with E-state index in [1.54, 1.807) is 0 Å². The Morgan fingerprint density at radius 1 is 1.06 bits per heavy atom. The molecule has 0 bridgehead atoms. The summed E-state index contributed by atoms with van der Waals surface area (Å²) in [6.45, 7) is 3.20. The van der Waals surface area contributed by atoms with Gasteiger partial charge < -0.3 is 10.2 Å². The smallest absolute Gasteiger partial charge is 0.226 e. The fourth-order valence-corrected chi connectivity index (χ4v) is 4.82. The summed E-state index contributed by atoms with van der Waals surface area (Å²) < 4.78 is 0. The maximum Gasteiger partial charge on any atom is 0.226 e. The van der Waals surface area contributed by atoms with Gasteiger partial charge in [-0.1, -0.05) is 12.8 Å². The summed E-state index contributed by atoms with van der Waals surface area (Å²) in [6, 6.07) is 0.704. The predicted octanol–water partition coefficient (Wildman–Crippen LogP) is 1.63. The van der Waals surface area contributed by atoms with Gasteiger partial charge in [0.1, 0.15) is 0 Å². The van der Waals surface area contributed by atoms with E-state index in [1.165, 1.54) is 38.5 Å². The first-order valence-corrected chi connectivity index (χ1v) is 7.87. The molecular weight excluding hydrogens is 224 g/mol. The number of nitrogens with zero attached hydrogens (tertiary/aromatic N) is 1. The second-order valence-corrected chi connectivity index (χ2v) is 6.82. The van der Waals surface area contributed by atoms with Gasteiger partial charge in [0.15, 0.2) is 0 Å². The van der Waals surface area contributed by atoms with Crippen molar-refractivity contribution in [3.05, 3.63) is 0 Å². The standard InChI is InChI=1S/C15H24N2O/c18-15(14-11-3-1-2-4-12(11)14)17-8-6-13-10(9-17)5-7-16-13/h10-14,16H,1-9H2. The van der Waals surface area contributed by atoms with Crippen LogP contribution in [0.25, 0.3) is 0 Å². The summed E-state index contributed by atoms with van der Waals surface area (Å²) in [5.74, 6) is 3.22. The van der Waals surface area contributed by atoms with Crippen molar-refractivity contribution >= 4 is 5.91 Å². The molecule has 0 aromatic rings. The van der Waals surface area contributed by atoms with E-state index in [4.69, 9.17) is 0 Å². The van der Waals surface area contributed by atoms with E-state index in [0.717, 1.165) is 37.4 Å². The maximum absolute atomic E-state index is 12.6. The summed E-state index contributed by atoms with van der Waals surface area (Å²) in [6.07, 6.45) is 7.81. The van der Waals surface area contributed by atoms with Gasteiger partial charge >= 0.3 is 0 Å². The lowest BCUT2D eigenvalue weighted by molar-refractivity contribution is -0.135. The highest BCUT2D eigenvalue weighted by molar-refractivity contribution is 5.82. The molecule has 3 nitrogen and oxygen atoms in total. The zero-order valence-corrected chi connectivity index (χ0v) is 11.1. The second kappa shape index (κ2) is 4.22. The first-order chi connectivity index (χ1) is 8.84. The fraction of sp³-hybridized carbons (Fsp3) is 0.933. The molecule has 3 heteroatoms. The summed E-state index contributed by atoms with van der Waals surface area (Å²) in [5.41, 5.74) is 0. The first kappa shape index (κ1) is 11.3. The Bertz CT molecular complexity index is 344. The third-order valence-corrected chi connectivity index (χ3v) is 5.91. The molecule has 2 saturated heterocycles. The summed E-state index contributed by atoms with van der Waals surface area (Å²) in [4.78, 5) is 14.8. The quantitative estimate of drug-likeness (QED) is 0.765. The van der Waals surface area contributed by atoms with Crippen LogP contribution in [0.3, 0.4) is 0 Å². The number of carbonyl (C=O) groups excluding carboxylic acids is 1. The Morgan fingerprint density at radius 3 is 2.61 bits per heavy atom. The molecule has 0 radical (unpaired) electrons. The molecule has 18 heavy (non-hydrogen) atoms. The van der Waals surface area contributed by atoms with Crippen molar-refractivity contribution < 1.29 is 4.79 Å². The summed E-state index contributed by atoms with van der Waals surface area (Å²) in [7, 11) is 0. The number of amides is 1. The average Bonchev–Trinajstić information content (AvgIpc) is 2.95. The van der Waals surface area contributed by atoms with E-state index in [1.807, 2.05) is 0 Å². The Hall–Kier alpha value is -0.570. The molecule has 0 aromatic heterocycles. The molecule has 4 aliphatic rings. The SMILES string of the molecule is O=C(C1C2CCCCC21)N1CCC2NCCC2C1. The second-order valence-electron chi connectivity index (χ2n) is 6.82. The van der Waals surface area contributed by atoms with Gasteiger partial charge in [0.2, 0.25) is 5.91 Å². The van der Waals surface area contributed by atoms with E-state index >= 15 is 0 Å². The number of carbonyl (C=O) groups is 1. The third-order valence-electron chi connectivity index (χ3n) is 5.91. The van der Waals surface area contributed by atoms with Crippen LogP contribution >= 0.6 is 0 Å². The molecule has 1 N–H and O–H groups in total. The number of hydrogen-bond donors (Lipinski definition) is 1. The zero-order valence-electron chi connectivity index (χ0n) is 11.1. The van der Waals surface area contributed by atoms with E-state index in [2.05, 4.69) is 10.2 Å². The van der Waals surface area contributed by atoms with Crippen molar-refractivity contribution in [2.45, 2.75) is 44.6 Å². The first-order valence-electron chi connectivity index (χ1n) is 7.87. The van der Waals surface area contributed by atoms with Gasteiger partial charge in [0.05, 0.1) is 0 Å². The minimum Gasteiger partial charge on any atom is -0.342 e. The van der Waals surface area contributed by atoms with Crippen LogP contribution < -0.4 is 5.32 Å². The number of piperidine rings is 1. The van der Waals surface area contributed by atoms with Crippen molar-refractivity contribution in [2.75, 3.05) is 19.6 Å². The molecular formula is C15H24N2O.